The molecule has 1 fully saturated rings. The Hall–Kier alpha value is -0.0400. The van der Waals surface area contributed by atoms with Gasteiger partial charge in [0.15, 0.2) is 0 Å². The maximum Gasteiger partial charge on any atom is 0.00920 e. The summed E-state index contributed by atoms with van der Waals surface area (Å²) in [6, 6.07) is 0.843. The van der Waals surface area contributed by atoms with E-state index in [4.69, 9.17) is 0 Å². The summed E-state index contributed by atoms with van der Waals surface area (Å²) in [4.78, 5) is 2.31. The van der Waals surface area contributed by atoms with Crippen LogP contribution in [0.3, 0.4) is 0 Å². The van der Waals surface area contributed by atoms with Gasteiger partial charge in [-0.25, -0.2) is 0 Å². The Morgan fingerprint density at radius 3 is 2.50 bits per heavy atom. The van der Waals surface area contributed by atoms with Crippen molar-refractivity contribution < 1.29 is 0 Å². The zero-order valence-corrected chi connectivity index (χ0v) is 5.72. The van der Waals surface area contributed by atoms with E-state index in [0.29, 0.717) is 0 Å². The van der Waals surface area contributed by atoms with Crippen LogP contribution < -0.4 is 0 Å². The van der Waals surface area contributed by atoms with Crippen molar-refractivity contribution in [2.24, 2.45) is 0 Å². The summed E-state index contributed by atoms with van der Waals surface area (Å²) in [5.74, 6) is 0. The van der Waals surface area contributed by atoms with Gasteiger partial charge >= 0.3 is 0 Å². The number of rotatable bonds is 1. The van der Waals surface area contributed by atoms with Crippen LogP contribution in [0.15, 0.2) is 0 Å². The van der Waals surface area contributed by atoms with Crippen LogP contribution in [-0.2, 0) is 0 Å². The van der Waals surface area contributed by atoms with Gasteiger partial charge in [-0.1, -0.05) is 0 Å². The highest BCUT2D eigenvalue weighted by atomic mass is 15.1. The molecule has 1 aliphatic rings. The molecule has 1 aliphatic carbocycles. The van der Waals surface area contributed by atoms with Gasteiger partial charge in [-0.05, 0) is 39.8 Å². The minimum Gasteiger partial charge on any atom is -0.306 e. The van der Waals surface area contributed by atoms with E-state index in [1.807, 2.05) is 0 Å². The normalized spacial score (nSPS) is 22.9. The topological polar surface area (TPSA) is 3.24 Å². The van der Waals surface area contributed by atoms with Crippen molar-refractivity contribution in [1.29, 1.82) is 0 Å². The van der Waals surface area contributed by atoms with Gasteiger partial charge < -0.3 is 4.90 Å². The van der Waals surface area contributed by atoms with Crippen LogP contribution in [0.4, 0.5) is 0 Å². The summed E-state index contributed by atoms with van der Waals surface area (Å²) < 4.78 is 0. The second kappa shape index (κ2) is 2.49. The lowest BCUT2D eigenvalue weighted by molar-refractivity contribution is 0.302. The van der Waals surface area contributed by atoms with E-state index in [1.165, 1.54) is 19.3 Å². The van der Waals surface area contributed by atoms with Gasteiger partial charge in [0.05, 0.1) is 0 Å². The van der Waals surface area contributed by atoms with Crippen molar-refractivity contribution in [3.05, 3.63) is 6.42 Å². The number of hydrogen-bond donors (Lipinski definition) is 0. The highest BCUT2D eigenvalue weighted by Crippen LogP contribution is 2.19. The third-order valence-corrected chi connectivity index (χ3v) is 1.87. The second-order valence-corrected chi connectivity index (χ2v) is 2.72. The Bertz CT molecular complexity index is 62.8. The quantitative estimate of drug-likeness (QED) is 0.494. The van der Waals surface area contributed by atoms with Crippen molar-refractivity contribution in [1.82, 2.24) is 4.90 Å². The third-order valence-electron chi connectivity index (χ3n) is 1.87. The smallest absolute Gasteiger partial charge is 0.00920 e. The molecule has 0 aromatic rings. The Morgan fingerprint density at radius 2 is 2.25 bits per heavy atom. The van der Waals surface area contributed by atoms with Crippen molar-refractivity contribution in [2.75, 3.05) is 14.1 Å². The average Bonchev–Trinajstić information content (AvgIpc) is 2.12. The molecule has 0 saturated heterocycles. The highest BCUT2D eigenvalue weighted by molar-refractivity contribution is 4.84. The van der Waals surface area contributed by atoms with E-state index >= 15 is 0 Å². The van der Waals surface area contributed by atoms with E-state index in [1.54, 1.807) is 0 Å². The molecule has 0 spiro atoms. The van der Waals surface area contributed by atoms with Gasteiger partial charge in [0.1, 0.15) is 0 Å². The predicted octanol–water partition coefficient (Wildman–Crippen LogP) is 1.30. The van der Waals surface area contributed by atoms with Gasteiger partial charge in [0.2, 0.25) is 0 Å². The third kappa shape index (κ3) is 1.22. The molecule has 47 valence electrons. The molecule has 1 radical (unpaired) electrons. The van der Waals surface area contributed by atoms with Crippen molar-refractivity contribution >= 4 is 0 Å². The van der Waals surface area contributed by atoms with Crippen molar-refractivity contribution in [2.45, 2.75) is 25.3 Å². The van der Waals surface area contributed by atoms with Gasteiger partial charge in [0.25, 0.3) is 0 Å². The summed E-state index contributed by atoms with van der Waals surface area (Å²) in [5.41, 5.74) is 0. The summed E-state index contributed by atoms with van der Waals surface area (Å²) in [6.45, 7) is 0. The van der Waals surface area contributed by atoms with Gasteiger partial charge in [-0.3, -0.25) is 0 Å². The van der Waals surface area contributed by atoms with Gasteiger partial charge in [0, 0.05) is 6.04 Å². The first-order chi connectivity index (χ1) is 3.80. The minimum absolute atomic E-state index is 0.843. The maximum absolute atomic E-state index is 2.38. The molecule has 1 rings (SSSR count). The van der Waals surface area contributed by atoms with Gasteiger partial charge in [-0.2, -0.15) is 0 Å². The summed E-state index contributed by atoms with van der Waals surface area (Å²) in [6.07, 6.45) is 6.37. The zero-order valence-electron chi connectivity index (χ0n) is 5.72. The van der Waals surface area contributed by atoms with Crippen LogP contribution >= 0.6 is 0 Å². The Labute approximate surface area is 51.7 Å². The lowest BCUT2D eigenvalue weighted by Gasteiger charge is -2.17. The van der Waals surface area contributed by atoms with Crippen LogP contribution in [0, 0.1) is 6.42 Å². The van der Waals surface area contributed by atoms with E-state index < -0.39 is 0 Å². The molecular formula is C7H14N. The Kier molecular flexibility index (Phi) is 1.90. The molecule has 1 heteroatoms. The molecule has 0 N–H and O–H groups in total. The van der Waals surface area contributed by atoms with E-state index in [2.05, 4.69) is 25.4 Å². The first-order valence-corrected chi connectivity index (χ1v) is 3.29. The molecule has 8 heavy (non-hydrogen) atoms. The largest absolute Gasteiger partial charge is 0.306 e. The van der Waals surface area contributed by atoms with Crippen LogP contribution in [0.5, 0.6) is 0 Å². The average molecular weight is 112 g/mol. The van der Waals surface area contributed by atoms with Crippen molar-refractivity contribution in [3.63, 3.8) is 0 Å². The lowest BCUT2D eigenvalue weighted by Crippen LogP contribution is -2.24. The predicted molar refractivity (Wildman–Crippen MR) is 35.6 cm³/mol. The monoisotopic (exact) mass is 112 g/mol. The van der Waals surface area contributed by atoms with Crippen LogP contribution in [0.1, 0.15) is 19.3 Å². The summed E-state index contributed by atoms with van der Waals surface area (Å²) in [7, 11) is 4.31. The molecule has 1 nitrogen and oxygen atoms in total. The molecule has 0 aliphatic heterocycles. The van der Waals surface area contributed by atoms with Crippen LogP contribution in [0.2, 0.25) is 0 Å². The minimum atomic E-state index is 0.843. The highest BCUT2D eigenvalue weighted by Gasteiger charge is 2.15. The van der Waals surface area contributed by atoms with Crippen molar-refractivity contribution in [3.8, 4) is 0 Å². The van der Waals surface area contributed by atoms with Crippen LogP contribution in [0.25, 0.3) is 0 Å². The fourth-order valence-corrected chi connectivity index (χ4v) is 1.21. The van der Waals surface area contributed by atoms with E-state index in [9.17, 15) is 0 Å². The molecule has 1 saturated carbocycles. The second-order valence-electron chi connectivity index (χ2n) is 2.72. The fraction of sp³-hybridized carbons (Fsp3) is 0.857. The van der Waals surface area contributed by atoms with E-state index in [-0.39, 0.29) is 0 Å². The molecule has 0 amide bonds. The Balaban J connectivity index is 2.24. The summed E-state index contributed by atoms with van der Waals surface area (Å²) >= 11 is 0. The number of nitrogens with zero attached hydrogens (tertiary/aromatic N) is 1. The Morgan fingerprint density at radius 1 is 1.50 bits per heavy atom. The SMILES string of the molecule is CN(C)[C@@H]1C[CH]CC1. The molecule has 0 aromatic carbocycles. The molecule has 0 heterocycles. The van der Waals surface area contributed by atoms with Gasteiger partial charge in [-0.15, -0.1) is 0 Å². The van der Waals surface area contributed by atoms with E-state index in [0.717, 1.165) is 6.04 Å². The lowest BCUT2D eigenvalue weighted by atomic mass is 10.2. The maximum atomic E-state index is 2.38. The number of hydrogen-bond acceptors (Lipinski definition) is 1. The summed E-state index contributed by atoms with van der Waals surface area (Å²) in [5, 5.41) is 0. The molecular weight excluding hydrogens is 98.1 g/mol. The van der Waals surface area contributed by atoms with Crippen LogP contribution in [-0.4, -0.2) is 25.0 Å². The molecule has 0 unspecified atom stereocenters. The first kappa shape index (κ1) is 6.09. The first-order valence-electron chi connectivity index (χ1n) is 3.29. The molecule has 0 bridgehead atoms. The molecule has 1 atom stereocenters. The zero-order chi connectivity index (χ0) is 5.98. The fourth-order valence-electron chi connectivity index (χ4n) is 1.21. The molecule has 0 aromatic heterocycles. The standard InChI is InChI=1S/C7H14N/c1-8(2)7-5-3-4-6-7/h3,7H,4-6H2,1-2H3/t7-/m1/s1.